The first-order valence-corrected chi connectivity index (χ1v) is 12.6. The molecule has 0 unspecified atom stereocenters. The molecule has 5 aromatic rings. The summed E-state index contributed by atoms with van der Waals surface area (Å²) in [6.07, 6.45) is 5.10. The topological polar surface area (TPSA) is 160 Å². The second kappa shape index (κ2) is 9.30. The highest BCUT2D eigenvalue weighted by molar-refractivity contribution is 7.95. The van der Waals surface area contributed by atoms with Crippen molar-refractivity contribution in [2.45, 2.75) is 6.92 Å². The number of nitrogens with one attached hydrogen (secondary N) is 1. The molecule has 3 aromatic heterocycles. The van der Waals surface area contributed by atoms with E-state index < -0.39 is 21.6 Å². The van der Waals surface area contributed by atoms with Crippen molar-refractivity contribution in [3.05, 3.63) is 100 Å². The number of hydrogen-bond donors (Lipinski definition) is 2. The summed E-state index contributed by atoms with van der Waals surface area (Å²) < 4.78 is 30.6. The molecular formula is C26H18N6O5S. The van der Waals surface area contributed by atoms with Crippen LogP contribution in [0.15, 0.2) is 89.0 Å². The van der Waals surface area contributed by atoms with Crippen LogP contribution in [0.5, 0.6) is 0 Å². The van der Waals surface area contributed by atoms with Gasteiger partial charge in [0.1, 0.15) is 11.6 Å². The summed E-state index contributed by atoms with van der Waals surface area (Å²) in [5.41, 5.74) is 1.66. The summed E-state index contributed by atoms with van der Waals surface area (Å²) in [7, 11) is -4.35. The summed E-state index contributed by atoms with van der Waals surface area (Å²) >= 11 is 0. The summed E-state index contributed by atoms with van der Waals surface area (Å²) in [6.45, 7) is 1.65. The molecule has 0 amide bonds. The highest BCUT2D eigenvalue weighted by Gasteiger charge is 2.17. The standard InChI is InChI=1S/C26H18N6O5S/c1-16-3-5-20(12-23(16)30-38(36,37)15-18(13-27)26(34)35)32-24(33)8-4-17-14-28-22-7-6-19(11-21(22)25(17)32)31-10-2-9-29-31/h2-12,14-15,30H,1H3,(H,34,35)/b18-15+. The van der Waals surface area contributed by atoms with Gasteiger partial charge in [0.05, 0.1) is 33.5 Å². The van der Waals surface area contributed by atoms with Crippen molar-refractivity contribution in [1.29, 1.82) is 5.26 Å². The first-order chi connectivity index (χ1) is 18.2. The Labute approximate surface area is 215 Å². The van der Waals surface area contributed by atoms with Crippen LogP contribution in [-0.2, 0) is 14.8 Å². The number of aryl methyl sites for hydroxylation is 1. The zero-order valence-corrected chi connectivity index (χ0v) is 20.5. The van der Waals surface area contributed by atoms with Gasteiger partial charge in [-0.2, -0.15) is 10.4 Å². The molecule has 0 fully saturated rings. The number of carbonyl (C=O) groups is 1. The molecule has 2 N–H and O–H groups in total. The van der Waals surface area contributed by atoms with Crippen LogP contribution in [0.25, 0.3) is 33.2 Å². The van der Waals surface area contributed by atoms with E-state index in [4.69, 9.17) is 10.4 Å². The molecule has 0 radical (unpaired) electrons. The second-order valence-corrected chi connectivity index (χ2v) is 9.85. The number of carboxylic acids is 1. The van der Waals surface area contributed by atoms with Crippen LogP contribution < -0.4 is 10.3 Å². The van der Waals surface area contributed by atoms with Crippen molar-refractivity contribution >= 4 is 43.5 Å². The van der Waals surface area contributed by atoms with Gasteiger partial charge in [-0.15, -0.1) is 0 Å². The number of sulfonamides is 1. The number of benzene rings is 2. The molecule has 3 heterocycles. The fraction of sp³-hybridized carbons (Fsp3) is 0.0385. The highest BCUT2D eigenvalue weighted by Crippen LogP contribution is 2.28. The fourth-order valence-electron chi connectivity index (χ4n) is 4.04. The SMILES string of the molecule is Cc1ccc(-n2c(=O)ccc3cnc4ccc(-n5cccn5)cc4c32)cc1NS(=O)(=O)/C=C(\C#N)C(=O)O. The number of pyridine rings is 2. The quantitative estimate of drug-likeness (QED) is 0.194. The lowest BCUT2D eigenvalue weighted by Gasteiger charge is -2.16. The predicted octanol–water partition coefficient (Wildman–Crippen LogP) is 3.27. The van der Waals surface area contributed by atoms with Crippen LogP contribution in [0.3, 0.4) is 0 Å². The van der Waals surface area contributed by atoms with Crippen molar-refractivity contribution in [2.24, 2.45) is 0 Å². The molecule has 0 aliphatic heterocycles. The van der Waals surface area contributed by atoms with Crippen LogP contribution in [0, 0.1) is 18.3 Å². The van der Waals surface area contributed by atoms with Gasteiger partial charge in [-0.1, -0.05) is 6.07 Å². The van der Waals surface area contributed by atoms with Gasteiger partial charge in [-0.05, 0) is 55.0 Å². The first-order valence-electron chi connectivity index (χ1n) is 11.1. The van der Waals surface area contributed by atoms with E-state index in [0.717, 1.165) is 5.69 Å². The van der Waals surface area contributed by atoms with E-state index in [-0.39, 0.29) is 11.2 Å². The average Bonchev–Trinajstić information content (AvgIpc) is 3.43. The summed E-state index contributed by atoms with van der Waals surface area (Å²) in [5.74, 6) is -1.67. The van der Waals surface area contributed by atoms with E-state index in [0.29, 0.717) is 38.5 Å². The number of nitrogens with zero attached hydrogens (tertiary/aromatic N) is 5. The minimum Gasteiger partial charge on any atom is -0.477 e. The Hall–Kier alpha value is -5.28. The molecule has 2 aromatic carbocycles. The van der Waals surface area contributed by atoms with Crippen LogP contribution in [0.1, 0.15) is 5.56 Å². The Balaban J connectivity index is 1.71. The second-order valence-electron chi connectivity index (χ2n) is 8.32. The summed E-state index contributed by atoms with van der Waals surface area (Å²) in [6, 6.07) is 16.5. The minimum atomic E-state index is -4.35. The third-order valence-corrected chi connectivity index (χ3v) is 6.88. The monoisotopic (exact) mass is 526 g/mol. The number of carboxylic acid groups (broad SMARTS) is 1. The molecule has 0 atom stereocenters. The van der Waals surface area contributed by atoms with Gasteiger partial charge < -0.3 is 5.11 Å². The summed E-state index contributed by atoms with van der Waals surface area (Å²) in [5, 5.41) is 23.9. The van der Waals surface area contributed by atoms with E-state index in [9.17, 15) is 18.0 Å². The van der Waals surface area contributed by atoms with Crippen molar-refractivity contribution in [3.8, 4) is 17.4 Å². The number of hydrogen-bond acceptors (Lipinski definition) is 7. The van der Waals surface area contributed by atoms with Crippen molar-refractivity contribution < 1.29 is 18.3 Å². The van der Waals surface area contributed by atoms with Crippen LogP contribution in [-0.4, -0.2) is 38.8 Å². The van der Waals surface area contributed by atoms with Crippen LogP contribution in [0.2, 0.25) is 0 Å². The molecule has 0 bridgehead atoms. The van der Waals surface area contributed by atoms with E-state index in [1.54, 1.807) is 54.5 Å². The number of aromatic nitrogens is 4. The fourth-order valence-corrected chi connectivity index (χ4v) is 5.09. The Morgan fingerprint density at radius 1 is 1.13 bits per heavy atom. The predicted molar refractivity (Wildman–Crippen MR) is 141 cm³/mol. The Kier molecular flexibility index (Phi) is 5.98. The molecule has 188 valence electrons. The molecule has 0 aliphatic rings. The normalized spacial score (nSPS) is 11.9. The van der Waals surface area contributed by atoms with E-state index >= 15 is 0 Å². The summed E-state index contributed by atoms with van der Waals surface area (Å²) in [4.78, 5) is 28.8. The highest BCUT2D eigenvalue weighted by atomic mass is 32.2. The molecule has 38 heavy (non-hydrogen) atoms. The Morgan fingerprint density at radius 2 is 1.92 bits per heavy atom. The molecule has 12 heteroatoms. The molecule has 0 spiro atoms. The van der Waals surface area contributed by atoms with Crippen LogP contribution in [0.4, 0.5) is 5.69 Å². The molecule has 0 aliphatic carbocycles. The molecule has 5 rings (SSSR count). The molecular weight excluding hydrogens is 508 g/mol. The Morgan fingerprint density at radius 3 is 2.63 bits per heavy atom. The maximum atomic E-state index is 13.2. The van der Waals surface area contributed by atoms with Crippen molar-refractivity contribution in [3.63, 3.8) is 0 Å². The average molecular weight is 527 g/mol. The lowest BCUT2D eigenvalue weighted by Crippen LogP contribution is -2.18. The zero-order valence-electron chi connectivity index (χ0n) is 19.7. The van der Waals surface area contributed by atoms with Gasteiger partial charge in [-0.25, -0.2) is 17.9 Å². The third kappa shape index (κ3) is 4.49. The number of nitriles is 1. The van der Waals surface area contributed by atoms with E-state index in [1.165, 1.54) is 22.8 Å². The number of aliphatic carboxylic acids is 1. The van der Waals surface area contributed by atoms with E-state index in [2.05, 4.69) is 14.8 Å². The number of fused-ring (bicyclic) bond motifs is 3. The maximum absolute atomic E-state index is 13.2. The van der Waals surface area contributed by atoms with Crippen LogP contribution >= 0.6 is 0 Å². The van der Waals surface area contributed by atoms with Gasteiger partial charge in [0.15, 0.2) is 0 Å². The van der Waals surface area contributed by atoms with Gasteiger partial charge in [0, 0.05) is 35.4 Å². The third-order valence-electron chi connectivity index (χ3n) is 5.83. The lowest BCUT2D eigenvalue weighted by atomic mass is 10.1. The van der Waals surface area contributed by atoms with Crippen molar-refractivity contribution in [1.82, 2.24) is 19.3 Å². The Bertz CT molecular complexity index is 1990. The minimum absolute atomic E-state index is 0.112. The number of anilines is 1. The van der Waals surface area contributed by atoms with Gasteiger partial charge in [0.2, 0.25) is 0 Å². The molecule has 11 nitrogen and oxygen atoms in total. The van der Waals surface area contributed by atoms with Gasteiger partial charge >= 0.3 is 5.97 Å². The van der Waals surface area contributed by atoms with E-state index in [1.807, 2.05) is 18.2 Å². The number of rotatable bonds is 6. The van der Waals surface area contributed by atoms with Gasteiger partial charge in [-0.3, -0.25) is 19.1 Å². The smallest absolute Gasteiger partial charge is 0.347 e. The van der Waals surface area contributed by atoms with Gasteiger partial charge in [0.25, 0.3) is 15.6 Å². The molecule has 0 saturated carbocycles. The largest absolute Gasteiger partial charge is 0.477 e. The maximum Gasteiger partial charge on any atom is 0.347 e. The lowest BCUT2D eigenvalue weighted by molar-refractivity contribution is -0.132. The first kappa shape index (κ1) is 24.4. The zero-order chi connectivity index (χ0) is 27.0. The van der Waals surface area contributed by atoms with Crippen molar-refractivity contribution in [2.75, 3.05) is 4.72 Å². The molecule has 0 saturated heterocycles.